The molecule has 0 aromatic heterocycles. The fourth-order valence-electron chi connectivity index (χ4n) is 1.71. The van der Waals surface area contributed by atoms with E-state index in [1.807, 2.05) is 24.3 Å². The van der Waals surface area contributed by atoms with Crippen molar-refractivity contribution >= 4 is 11.8 Å². The number of fused-ring (bicyclic) bond motifs is 1. The molecule has 2 N–H and O–H groups in total. The molecule has 2 rings (SSSR count). The Kier molecular flexibility index (Phi) is 2.05. The largest absolute Gasteiger partial charge is 0.391 e. The minimum absolute atomic E-state index is 0.108. The first-order chi connectivity index (χ1) is 5.83. The van der Waals surface area contributed by atoms with Gasteiger partial charge in [-0.2, -0.15) is 0 Å². The molecule has 0 aliphatic heterocycles. The Bertz CT molecular complexity index is 290. The summed E-state index contributed by atoms with van der Waals surface area (Å²) < 4.78 is 0. The third kappa shape index (κ3) is 1.12. The van der Waals surface area contributed by atoms with Crippen molar-refractivity contribution in [2.24, 2.45) is 0 Å². The third-order valence-corrected chi connectivity index (χ3v) is 2.56. The first-order valence-electron chi connectivity index (χ1n) is 3.95. The van der Waals surface area contributed by atoms with Gasteiger partial charge in [0.2, 0.25) is 0 Å². The second kappa shape index (κ2) is 3.05. The van der Waals surface area contributed by atoms with Crippen LogP contribution < -0.4 is 4.84 Å². The van der Waals surface area contributed by atoms with Gasteiger partial charge in [-0.15, -0.1) is 0 Å². The van der Waals surface area contributed by atoms with Crippen LogP contribution in [-0.4, -0.2) is 11.2 Å². The second-order valence-electron chi connectivity index (χ2n) is 3.06. The van der Waals surface area contributed by atoms with Crippen molar-refractivity contribution in [2.75, 3.05) is 0 Å². The van der Waals surface area contributed by atoms with E-state index in [-0.39, 0.29) is 12.1 Å². The van der Waals surface area contributed by atoms with Crippen LogP contribution in [-0.2, 0) is 6.42 Å². The number of hydrogen-bond acceptors (Lipinski definition) is 2. The maximum atomic E-state index is 9.56. The van der Waals surface area contributed by atoms with Crippen LogP contribution in [0.25, 0.3) is 0 Å². The highest BCUT2D eigenvalue weighted by Crippen LogP contribution is 2.31. The van der Waals surface area contributed by atoms with Crippen molar-refractivity contribution in [1.82, 2.24) is 4.84 Å². The van der Waals surface area contributed by atoms with Crippen LogP contribution in [0.3, 0.4) is 0 Å². The molecule has 0 saturated carbocycles. The summed E-state index contributed by atoms with van der Waals surface area (Å²) in [6, 6.07) is 7.83. The Hall–Kier alpha value is -0.570. The number of nitrogens with one attached hydrogen (secondary N) is 1. The molecule has 0 radical (unpaired) electrons. The van der Waals surface area contributed by atoms with Crippen LogP contribution in [0.4, 0.5) is 0 Å². The lowest BCUT2D eigenvalue weighted by Crippen LogP contribution is -2.21. The molecule has 12 heavy (non-hydrogen) atoms. The quantitative estimate of drug-likeness (QED) is 0.645. The molecule has 3 heteroatoms. The summed E-state index contributed by atoms with van der Waals surface area (Å²) in [5, 5.41) is 9.56. The molecule has 0 saturated heterocycles. The maximum Gasteiger partial charge on any atom is 0.0787 e. The van der Waals surface area contributed by atoms with Gasteiger partial charge < -0.3 is 5.11 Å². The fraction of sp³-hybridized carbons (Fsp3) is 0.333. The first kappa shape index (κ1) is 8.05. The van der Waals surface area contributed by atoms with Crippen LogP contribution in [0, 0.1) is 0 Å². The van der Waals surface area contributed by atoms with Crippen molar-refractivity contribution in [3.63, 3.8) is 0 Å². The number of aliphatic hydroxyl groups is 1. The van der Waals surface area contributed by atoms with Gasteiger partial charge in [0.15, 0.2) is 0 Å². The Labute approximate surface area is 76.3 Å². The van der Waals surface area contributed by atoms with Crippen LogP contribution in [0.5, 0.6) is 0 Å². The predicted octanol–water partition coefficient (Wildman–Crippen LogP) is 1.39. The lowest BCUT2D eigenvalue weighted by molar-refractivity contribution is 0.152. The van der Waals surface area contributed by atoms with E-state index in [2.05, 4.69) is 4.84 Å². The van der Waals surface area contributed by atoms with Gasteiger partial charge in [-0.05, 0) is 22.9 Å². The highest BCUT2D eigenvalue weighted by molar-refractivity contribution is 6.13. The van der Waals surface area contributed by atoms with E-state index in [9.17, 15) is 5.11 Å². The van der Waals surface area contributed by atoms with Gasteiger partial charge in [0.25, 0.3) is 0 Å². The molecule has 0 unspecified atom stereocenters. The molecule has 2 nitrogen and oxygen atoms in total. The van der Waals surface area contributed by atoms with Crippen LogP contribution in [0.2, 0.25) is 0 Å². The molecule has 0 bridgehead atoms. The van der Waals surface area contributed by atoms with Gasteiger partial charge >= 0.3 is 0 Å². The van der Waals surface area contributed by atoms with Gasteiger partial charge in [0.05, 0.1) is 12.1 Å². The van der Waals surface area contributed by atoms with Gasteiger partial charge in [0.1, 0.15) is 0 Å². The average molecular weight is 184 g/mol. The lowest BCUT2D eigenvalue weighted by atomic mass is 10.1. The molecule has 0 amide bonds. The van der Waals surface area contributed by atoms with Crippen molar-refractivity contribution < 1.29 is 5.11 Å². The highest BCUT2D eigenvalue weighted by Gasteiger charge is 2.29. The Morgan fingerprint density at radius 2 is 2.17 bits per heavy atom. The monoisotopic (exact) mass is 183 g/mol. The van der Waals surface area contributed by atoms with Gasteiger partial charge in [-0.25, -0.2) is 4.84 Å². The van der Waals surface area contributed by atoms with E-state index in [4.69, 9.17) is 11.8 Å². The minimum atomic E-state index is -0.389. The van der Waals surface area contributed by atoms with Crippen molar-refractivity contribution in [1.29, 1.82) is 0 Å². The number of halogens is 1. The number of benzene rings is 1. The number of aliphatic hydroxyl groups excluding tert-OH is 1. The van der Waals surface area contributed by atoms with Crippen molar-refractivity contribution in [2.45, 2.75) is 18.6 Å². The normalized spacial score (nSPS) is 27.2. The average Bonchev–Trinajstić information content (AvgIpc) is 2.40. The predicted molar refractivity (Wildman–Crippen MR) is 47.9 cm³/mol. The summed E-state index contributed by atoms with van der Waals surface area (Å²) in [6.07, 6.45) is 0.306. The van der Waals surface area contributed by atoms with Crippen LogP contribution in [0.15, 0.2) is 24.3 Å². The standard InChI is InChI=1S/C9H10ClNO/c10-11-9-7-4-2-1-3-6(7)5-8(9)12/h1-4,8-9,11-12H,5H2/t8-,9+/m0/s1. The smallest absolute Gasteiger partial charge is 0.0787 e. The van der Waals surface area contributed by atoms with Crippen molar-refractivity contribution in [3.8, 4) is 0 Å². The van der Waals surface area contributed by atoms with Crippen molar-refractivity contribution in [3.05, 3.63) is 35.4 Å². The second-order valence-corrected chi connectivity index (χ2v) is 3.28. The van der Waals surface area contributed by atoms with Gasteiger partial charge in [-0.1, -0.05) is 24.3 Å². The number of hydrogen-bond donors (Lipinski definition) is 2. The summed E-state index contributed by atoms with van der Waals surface area (Å²) in [6.45, 7) is 0. The summed E-state index contributed by atoms with van der Waals surface area (Å²) in [5.74, 6) is 0. The molecular weight excluding hydrogens is 174 g/mol. The summed E-state index contributed by atoms with van der Waals surface area (Å²) in [7, 11) is 0. The molecule has 1 aliphatic carbocycles. The van der Waals surface area contributed by atoms with Gasteiger partial charge in [-0.3, -0.25) is 0 Å². The maximum absolute atomic E-state index is 9.56. The Morgan fingerprint density at radius 3 is 2.92 bits per heavy atom. The molecule has 1 aromatic carbocycles. The zero-order valence-corrected chi connectivity index (χ0v) is 7.25. The summed E-state index contributed by atoms with van der Waals surface area (Å²) in [5.41, 5.74) is 2.29. The van der Waals surface area contributed by atoms with E-state index >= 15 is 0 Å². The Balaban J connectivity index is 2.40. The summed E-state index contributed by atoms with van der Waals surface area (Å²) in [4.78, 5) is 2.59. The fourth-order valence-corrected chi connectivity index (χ4v) is 1.97. The zero-order valence-electron chi connectivity index (χ0n) is 6.50. The lowest BCUT2D eigenvalue weighted by Gasteiger charge is -2.11. The molecule has 0 heterocycles. The van der Waals surface area contributed by atoms with E-state index in [1.54, 1.807) is 0 Å². The zero-order chi connectivity index (χ0) is 8.55. The molecule has 0 fully saturated rings. The molecular formula is C9H10ClNO. The van der Waals surface area contributed by atoms with Crippen LogP contribution in [0.1, 0.15) is 17.2 Å². The number of rotatable bonds is 1. The van der Waals surface area contributed by atoms with Crippen LogP contribution >= 0.6 is 11.8 Å². The topological polar surface area (TPSA) is 32.3 Å². The summed E-state index contributed by atoms with van der Waals surface area (Å²) >= 11 is 5.52. The van der Waals surface area contributed by atoms with E-state index in [0.29, 0.717) is 6.42 Å². The first-order valence-corrected chi connectivity index (χ1v) is 4.32. The minimum Gasteiger partial charge on any atom is -0.391 e. The Morgan fingerprint density at radius 1 is 1.42 bits per heavy atom. The molecule has 1 aliphatic rings. The molecule has 0 spiro atoms. The van der Waals surface area contributed by atoms with E-state index < -0.39 is 0 Å². The SMILES string of the molecule is O[C@H]1Cc2ccccc2[C@H]1NCl. The van der Waals surface area contributed by atoms with Gasteiger partial charge in [0, 0.05) is 6.42 Å². The molecule has 2 atom stereocenters. The van der Waals surface area contributed by atoms with E-state index in [1.165, 1.54) is 5.56 Å². The third-order valence-electron chi connectivity index (χ3n) is 2.32. The molecule has 1 aromatic rings. The highest BCUT2D eigenvalue weighted by atomic mass is 35.5. The van der Waals surface area contributed by atoms with E-state index in [0.717, 1.165) is 5.56 Å². The molecule has 64 valence electrons.